The lowest BCUT2D eigenvalue weighted by molar-refractivity contribution is -0.126. The Morgan fingerprint density at radius 2 is 2.43 bits per heavy atom. The Labute approximate surface area is 85.1 Å². The standard InChI is InChI=1S/C11H17NO2/c1-3-4-9(7-12)11(13)10-5-6-14-8(10)2/h8-10H,3-6H2,1-2H3. The molecule has 0 radical (unpaired) electrons. The van der Waals surface area contributed by atoms with Crippen molar-refractivity contribution in [3.63, 3.8) is 0 Å². The molecule has 0 aromatic carbocycles. The van der Waals surface area contributed by atoms with Crippen molar-refractivity contribution < 1.29 is 9.53 Å². The number of Topliss-reactive ketones (excluding diaryl/α,β-unsaturated/α-hetero) is 1. The van der Waals surface area contributed by atoms with E-state index in [2.05, 4.69) is 6.07 Å². The topological polar surface area (TPSA) is 50.1 Å². The van der Waals surface area contributed by atoms with E-state index in [1.165, 1.54) is 0 Å². The van der Waals surface area contributed by atoms with E-state index in [-0.39, 0.29) is 17.8 Å². The van der Waals surface area contributed by atoms with Crippen molar-refractivity contribution in [1.82, 2.24) is 0 Å². The maximum atomic E-state index is 11.9. The highest BCUT2D eigenvalue weighted by molar-refractivity contribution is 5.86. The fraction of sp³-hybridized carbons (Fsp3) is 0.818. The third-order valence-electron chi connectivity index (χ3n) is 2.82. The molecule has 1 aliphatic heterocycles. The summed E-state index contributed by atoms with van der Waals surface area (Å²) in [6.45, 7) is 4.56. The van der Waals surface area contributed by atoms with Crippen LogP contribution >= 0.6 is 0 Å². The number of carbonyl (C=O) groups is 1. The Morgan fingerprint density at radius 1 is 1.71 bits per heavy atom. The van der Waals surface area contributed by atoms with Gasteiger partial charge in [-0.1, -0.05) is 13.3 Å². The highest BCUT2D eigenvalue weighted by atomic mass is 16.5. The van der Waals surface area contributed by atoms with Crippen LogP contribution in [0.15, 0.2) is 0 Å². The van der Waals surface area contributed by atoms with E-state index in [4.69, 9.17) is 10.00 Å². The van der Waals surface area contributed by atoms with Crippen LogP contribution in [0.25, 0.3) is 0 Å². The van der Waals surface area contributed by atoms with Crippen LogP contribution in [0.4, 0.5) is 0 Å². The maximum Gasteiger partial charge on any atom is 0.155 e. The molecule has 1 heterocycles. The molecule has 1 rings (SSSR count). The predicted octanol–water partition coefficient (Wildman–Crippen LogP) is 1.92. The Morgan fingerprint density at radius 3 is 2.86 bits per heavy atom. The SMILES string of the molecule is CCCC(C#N)C(=O)C1CCOC1C. The van der Waals surface area contributed by atoms with Crippen molar-refractivity contribution in [2.75, 3.05) is 6.61 Å². The van der Waals surface area contributed by atoms with Crippen LogP contribution in [0.1, 0.15) is 33.1 Å². The van der Waals surface area contributed by atoms with Gasteiger partial charge in [0.1, 0.15) is 5.92 Å². The van der Waals surface area contributed by atoms with Gasteiger partial charge in [-0.3, -0.25) is 4.79 Å². The smallest absolute Gasteiger partial charge is 0.155 e. The molecule has 1 aliphatic rings. The summed E-state index contributed by atoms with van der Waals surface area (Å²) in [6, 6.07) is 2.10. The number of rotatable bonds is 4. The van der Waals surface area contributed by atoms with Crippen LogP contribution in [0.3, 0.4) is 0 Å². The van der Waals surface area contributed by atoms with Crippen molar-refractivity contribution in [2.45, 2.75) is 39.2 Å². The van der Waals surface area contributed by atoms with E-state index in [0.29, 0.717) is 13.0 Å². The number of ether oxygens (including phenoxy) is 1. The lowest BCUT2D eigenvalue weighted by Crippen LogP contribution is -2.27. The molecular formula is C11H17NO2. The first-order valence-corrected chi connectivity index (χ1v) is 5.25. The van der Waals surface area contributed by atoms with Crippen molar-refractivity contribution in [3.8, 4) is 6.07 Å². The minimum Gasteiger partial charge on any atom is -0.378 e. The van der Waals surface area contributed by atoms with Gasteiger partial charge in [0.2, 0.25) is 0 Å². The van der Waals surface area contributed by atoms with Crippen LogP contribution in [-0.2, 0) is 9.53 Å². The third-order valence-corrected chi connectivity index (χ3v) is 2.82. The van der Waals surface area contributed by atoms with E-state index in [0.717, 1.165) is 12.8 Å². The number of nitrogens with zero attached hydrogens (tertiary/aromatic N) is 1. The summed E-state index contributed by atoms with van der Waals surface area (Å²) in [5, 5.41) is 8.86. The van der Waals surface area contributed by atoms with Gasteiger partial charge in [0, 0.05) is 12.5 Å². The largest absolute Gasteiger partial charge is 0.378 e. The highest BCUT2D eigenvalue weighted by Crippen LogP contribution is 2.25. The van der Waals surface area contributed by atoms with Crippen molar-refractivity contribution in [3.05, 3.63) is 0 Å². The average molecular weight is 195 g/mol. The van der Waals surface area contributed by atoms with E-state index in [9.17, 15) is 4.79 Å². The second-order valence-electron chi connectivity index (χ2n) is 3.84. The minimum absolute atomic E-state index is 0.00444. The van der Waals surface area contributed by atoms with E-state index < -0.39 is 5.92 Å². The van der Waals surface area contributed by atoms with Gasteiger partial charge in [0.25, 0.3) is 0 Å². The molecule has 14 heavy (non-hydrogen) atoms. The first-order valence-electron chi connectivity index (χ1n) is 5.25. The third kappa shape index (κ3) is 2.33. The molecule has 3 atom stereocenters. The van der Waals surface area contributed by atoms with Gasteiger partial charge in [-0.25, -0.2) is 0 Å². The summed E-state index contributed by atoms with van der Waals surface area (Å²) < 4.78 is 5.33. The number of hydrogen-bond donors (Lipinski definition) is 0. The number of carbonyl (C=O) groups excluding carboxylic acids is 1. The van der Waals surface area contributed by atoms with Gasteiger partial charge < -0.3 is 4.74 Å². The van der Waals surface area contributed by atoms with Crippen molar-refractivity contribution in [2.24, 2.45) is 11.8 Å². The second kappa shape index (κ2) is 5.11. The van der Waals surface area contributed by atoms with Crippen molar-refractivity contribution >= 4 is 5.78 Å². The van der Waals surface area contributed by atoms with Gasteiger partial charge in [-0.05, 0) is 19.8 Å². The molecule has 0 amide bonds. The van der Waals surface area contributed by atoms with E-state index in [1.54, 1.807) is 0 Å². The minimum atomic E-state index is -0.422. The molecule has 1 saturated heterocycles. The molecule has 3 heteroatoms. The maximum absolute atomic E-state index is 11.9. The molecular weight excluding hydrogens is 178 g/mol. The number of ketones is 1. The summed E-state index contributed by atoms with van der Waals surface area (Å²) in [4.78, 5) is 11.9. The van der Waals surface area contributed by atoms with Crippen molar-refractivity contribution in [1.29, 1.82) is 5.26 Å². The number of hydrogen-bond acceptors (Lipinski definition) is 3. The summed E-state index contributed by atoms with van der Waals surface area (Å²) in [5.74, 6) is -0.389. The average Bonchev–Trinajstić information content (AvgIpc) is 2.59. The van der Waals surface area contributed by atoms with Gasteiger partial charge in [0.15, 0.2) is 5.78 Å². The molecule has 0 saturated carbocycles. The summed E-state index contributed by atoms with van der Waals surface area (Å²) >= 11 is 0. The molecule has 0 N–H and O–H groups in total. The van der Waals surface area contributed by atoms with E-state index >= 15 is 0 Å². The van der Waals surface area contributed by atoms with Crippen LogP contribution in [0, 0.1) is 23.2 Å². The Bertz CT molecular complexity index is 244. The Kier molecular flexibility index (Phi) is 4.09. The van der Waals surface area contributed by atoms with E-state index in [1.807, 2.05) is 13.8 Å². The zero-order chi connectivity index (χ0) is 10.6. The normalized spacial score (nSPS) is 28.4. The summed E-state index contributed by atoms with van der Waals surface area (Å²) in [5.41, 5.74) is 0. The fourth-order valence-electron chi connectivity index (χ4n) is 1.92. The van der Waals surface area contributed by atoms with Gasteiger partial charge in [-0.15, -0.1) is 0 Å². The Balaban J connectivity index is 2.58. The van der Waals surface area contributed by atoms with Crippen LogP contribution in [-0.4, -0.2) is 18.5 Å². The monoisotopic (exact) mass is 195 g/mol. The molecule has 0 bridgehead atoms. The summed E-state index contributed by atoms with van der Waals surface area (Å²) in [6.07, 6.45) is 2.34. The lowest BCUT2D eigenvalue weighted by Gasteiger charge is -2.15. The molecule has 0 aliphatic carbocycles. The predicted molar refractivity (Wildman–Crippen MR) is 52.5 cm³/mol. The molecule has 1 fully saturated rings. The summed E-state index contributed by atoms with van der Waals surface area (Å²) in [7, 11) is 0. The molecule has 3 unspecified atom stereocenters. The van der Waals surface area contributed by atoms with Crippen LogP contribution in [0.2, 0.25) is 0 Å². The molecule has 0 spiro atoms. The highest BCUT2D eigenvalue weighted by Gasteiger charge is 2.34. The fourth-order valence-corrected chi connectivity index (χ4v) is 1.92. The van der Waals surface area contributed by atoms with Gasteiger partial charge >= 0.3 is 0 Å². The first-order chi connectivity index (χ1) is 6.70. The van der Waals surface area contributed by atoms with Gasteiger partial charge in [0.05, 0.1) is 12.2 Å². The molecule has 3 nitrogen and oxygen atoms in total. The zero-order valence-electron chi connectivity index (χ0n) is 8.82. The number of nitriles is 1. The Hall–Kier alpha value is -0.880. The quantitative estimate of drug-likeness (QED) is 0.688. The molecule has 78 valence electrons. The molecule has 0 aromatic heterocycles. The van der Waals surface area contributed by atoms with Crippen LogP contribution < -0.4 is 0 Å². The lowest BCUT2D eigenvalue weighted by atomic mass is 9.87. The van der Waals surface area contributed by atoms with Crippen LogP contribution in [0.5, 0.6) is 0 Å². The van der Waals surface area contributed by atoms with Gasteiger partial charge in [-0.2, -0.15) is 5.26 Å². The zero-order valence-corrected chi connectivity index (χ0v) is 8.82. The second-order valence-corrected chi connectivity index (χ2v) is 3.84. The first kappa shape index (κ1) is 11.2. The molecule has 0 aromatic rings.